The summed E-state index contributed by atoms with van der Waals surface area (Å²) >= 11 is 1.74. The molecule has 2 rings (SSSR count). The third kappa shape index (κ3) is 1.64. The Kier molecular flexibility index (Phi) is 2.42. The van der Waals surface area contributed by atoms with Crippen LogP contribution in [0.4, 0.5) is 0 Å². The molecule has 13 heavy (non-hydrogen) atoms. The Morgan fingerprint density at radius 1 is 1.54 bits per heavy atom. The summed E-state index contributed by atoms with van der Waals surface area (Å²) < 4.78 is 0. The van der Waals surface area contributed by atoms with Crippen LogP contribution in [0.1, 0.15) is 16.6 Å². The molecule has 1 atom stereocenters. The molecule has 0 saturated heterocycles. The van der Waals surface area contributed by atoms with E-state index in [1.54, 1.807) is 17.5 Å². The van der Waals surface area contributed by atoms with Crippen molar-refractivity contribution in [2.45, 2.75) is 6.04 Å². The van der Waals surface area contributed by atoms with Gasteiger partial charge in [-0.2, -0.15) is 5.10 Å². The first-order valence-corrected chi connectivity index (χ1v) is 4.99. The van der Waals surface area contributed by atoms with Gasteiger partial charge in [0.2, 0.25) is 0 Å². The average molecular weight is 193 g/mol. The lowest BCUT2D eigenvalue weighted by Gasteiger charge is -2.11. The van der Waals surface area contributed by atoms with Gasteiger partial charge in [-0.3, -0.25) is 5.10 Å². The monoisotopic (exact) mass is 193 g/mol. The van der Waals surface area contributed by atoms with E-state index in [0.29, 0.717) is 0 Å². The van der Waals surface area contributed by atoms with Gasteiger partial charge in [-0.15, -0.1) is 11.3 Å². The van der Waals surface area contributed by atoms with Crippen LogP contribution in [0.15, 0.2) is 29.8 Å². The van der Waals surface area contributed by atoms with E-state index in [9.17, 15) is 0 Å². The molecule has 0 aromatic carbocycles. The molecule has 1 unspecified atom stereocenters. The largest absolute Gasteiger partial charge is 0.307 e. The van der Waals surface area contributed by atoms with Gasteiger partial charge in [-0.25, -0.2) is 0 Å². The second-order valence-electron chi connectivity index (χ2n) is 2.75. The van der Waals surface area contributed by atoms with Crippen LogP contribution in [0.25, 0.3) is 0 Å². The summed E-state index contributed by atoms with van der Waals surface area (Å²) in [5.74, 6) is 0. The molecular weight excluding hydrogens is 182 g/mol. The number of nitrogens with one attached hydrogen (secondary N) is 2. The Morgan fingerprint density at radius 2 is 2.46 bits per heavy atom. The van der Waals surface area contributed by atoms with Crippen molar-refractivity contribution >= 4 is 11.3 Å². The lowest BCUT2D eigenvalue weighted by atomic mass is 10.2. The summed E-state index contributed by atoms with van der Waals surface area (Å²) in [5, 5.41) is 12.2. The van der Waals surface area contributed by atoms with Crippen LogP contribution in [0.5, 0.6) is 0 Å². The highest BCUT2D eigenvalue weighted by atomic mass is 32.1. The second-order valence-corrected chi connectivity index (χ2v) is 3.73. The molecule has 0 aliphatic heterocycles. The number of hydrogen-bond acceptors (Lipinski definition) is 3. The van der Waals surface area contributed by atoms with Crippen molar-refractivity contribution in [3.8, 4) is 0 Å². The Morgan fingerprint density at radius 3 is 3.00 bits per heavy atom. The van der Waals surface area contributed by atoms with Crippen molar-refractivity contribution < 1.29 is 0 Å². The molecule has 3 nitrogen and oxygen atoms in total. The molecule has 0 saturated carbocycles. The number of thiophene rings is 1. The Labute approximate surface area is 80.8 Å². The molecule has 68 valence electrons. The van der Waals surface area contributed by atoms with E-state index in [1.165, 1.54) is 4.88 Å². The molecule has 0 spiro atoms. The van der Waals surface area contributed by atoms with Gasteiger partial charge in [0.25, 0.3) is 0 Å². The van der Waals surface area contributed by atoms with Gasteiger partial charge >= 0.3 is 0 Å². The highest BCUT2D eigenvalue weighted by molar-refractivity contribution is 7.10. The molecular formula is C9H11N3S. The van der Waals surface area contributed by atoms with Gasteiger partial charge in [-0.05, 0) is 24.6 Å². The number of nitrogens with zero attached hydrogens (tertiary/aromatic N) is 1. The van der Waals surface area contributed by atoms with Gasteiger partial charge in [0, 0.05) is 11.1 Å². The maximum atomic E-state index is 3.94. The first kappa shape index (κ1) is 8.47. The maximum absolute atomic E-state index is 3.94. The molecule has 0 fully saturated rings. The fourth-order valence-electron chi connectivity index (χ4n) is 1.33. The normalized spacial score (nSPS) is 13.0. The fourth-order valence-corrected chi connectivity index (χ4v) is 2.19. The number of aromatic nitrogens is 2. The fraction of sp³-hybridized carbons (Fsp3) is 0.222. The van der Waals surface area contributed by atoms with Crippen LogP contribution in [0.3, 0.4) is 0 Å². The molecule has 0 bridgehead atoms. The van der Waals surface area contributed by atoms with Crippen LogP contribution in [-0.2, 0) is 0 Å². The zero-order chi connectivity index (χ0) is 9.10. The standard InChI is InChI=1S/C9H11N3S/c1-10-9(7-4-5-11-12-7)8-3-2-6-13-8/h2-6,9-10H,1H3,(H,11,12). The number of hydrogen-bond donors (Lipinski definition) is 2. The molecule has 2 aromatic rings. The van der Waals surface area contributed by atoms with Gasteiger partial charge in [0.15, 0.2) is 0 Å². The molecule has 2 heterocycles. The summed E-state index contributed by atoms with van der Waals surface area (Å²) in [6.45, 7) is 0. The van der Waals surface area contributed by atoms with Crippen molar-refractivity contribution in [1.82, 2.24) is 15.5 Å². The van der Waals surface area contributed by atoms with Crippen molar-refractivity contribution in [1.29, 1.82) is 0 Å². The summed E-state index contributed by atoms with van der Waals surface area (Å²) in [6.07, 6.45) is 1.77. The average Bonchev–Trinajstić information content (AvgIpc) is 2.76. The summed E-state index contributed by atoms with van der Waals surface area (Å²) in [4.78, 5) is 1.30. The van der Waals surface area contributed by atoms with Crippen molar-refractivity contribution in [2.75, 3.05) is 7.05 Å². The molecule has 0 aliphatic carbocycles. The Bertz CT molecular complexity index is 305. The maximum Gasteiger partial charge on any atom is 0.0836 e. The van der Waals surface area contributed by atoms with Gasteiger partial charge in [0.05, 0.1) is 11.7 Å². The van der Waals surface area contributed by atoms with E-state index >= 15 is 0 Å². The molecule has 2 N–H and O–H groups in total. The number of H-pyrrole nitrogens is 1. The zero-order valence-electron chi connectivity index (χ0n) is 7.32. The van der Waals surface area contributed by atoms with E-state index in [-0.39, 0.29) is 6.04 Å². The minimum Gasteiger partial charge on any atom is -0.307 e. The summed E-state index contributed by atoms with van der Waals surface area (Å²) in [7, 11) is 1.95. The smallest absolute Gasteiger partial charge is 0.0836 e. The molecule has 4 heteroatoms. The van der Waals surface area contributed by atoms with Gasteiger partial charge in [0.1, 0.15) is 0 Å². The predicted octanol–water partition coefficient (Wildman–Crippen LogP) is 1.78. The topological polar surface area (TPSA) is 40.7 Å². The minimum absolute atomic E-state index is 0.238. The SMILES string of the molecule is CNC(c1ccn[nH]1)c1cccs1. The second kappa shape index (κ2) is 3.72. The van der Waals surface area contributed by atoms with Gasteiger partial charge < -0.3 is 5.32 Å². The minimum atomic E-state index is 0.238. The van der Waals surface area contributed by atoms with Crippen LogP contribution >= 0.6 is 11.3 Å². The first-order chi connectivity index (χ1) is 6.42. The first-order valence-electron chi connectivity index (χ1n) is 4.12. The molecule has 0 radical (unpaired) electrons. The Hall–Kier alpha value is -1.13. The highest BCUT2D eigenvalue weighted by Gasteiger charge is 2.13. The van der Waals surface area contributed by atoms with E-state index in [0.717, 1.165) is 5.69 Å². The van der Waals surface area contributed by atoms with Gasteiger partial charge in [-0.1, -0.05) is 6.07 Å². The number of rotatable bonds is 3. The third-order valence-corrected chi connectivity index (χ3v) is 2.89. The predicted molar refractivity (Wildman–Crippen MR) is 53.8 cm³/mol. The van der Waals surface area contributed by atoms with Crippen LogP contribution < -0.4 is 5.32 Å². The quantitative estimate of drug-likeness (QED) is 0.780. The van der Waals surface area contributed by atoms with E-state index in [1.807, 2.05) is 13.1 Å². The van der Waals surface area contributed by atoms with Crippen molar-refractivity contribution in [3.05, 3.63) is 40.3 Å². The van der Waals surface area contributed by atoms with Crippen LogP contribution in [-0.4, -0.2) is 17.2 Å². The lowest BCUT2D eigenvalue weighted by Crippen LogP contribution is -2.16. The van der Waals surface area contributed by atoms with Crippen LogP contribution in [0, 0.1) is 0 Å². The Balaban J connectivity index is 2.29. The summed E-state index contributed by atoms with van der Waals surface area (Å²) in [6, 6.07) is 6.40. The molecule has 0 aliphatic rings. The van der Waals surface area contributed by atoms with E-state index in [4.69, 9.17) is 0 Å². The van der Waals surface area contributed by atoms with Crippen LogP contribution in [0.2, 0.25) is 0 Å². The summed E-state index contributed by atoms with van der Waals surface area (Å²) in [5.41, 5.74) is 1.10. The van der Waals surface area contributed by atoms with Crippen molar-refractivity contribution in [2.24, 2.45) is 0 Å². The molecule has 2 aromatic heterocycles. The van der Waals surface area contributed by atoms with Crippen molar-refractivity contribution in [3.63, 3.8) is 0 Å². The third-order valence-electron chi connectivity index (χ3n) is 1.95. The van der Waals surface area contributed by atoms with E-state index < -0.39 is 0 Å². The molecule has 0 amide bonds. The zero-order valence-corrected chi connectivity index (χ0v) is 8.14. The number of aromatic amines is 1. The van der Waals surface area contributed by atoms with E-state index in [2.05, 4.69) is 33.0 Å². The lowest BCUT2D eigenvalue weighted by molar-refractivity contribution is 0.679. The highest BCUT2D eigenvalue weighted by Crippen LogP contribution is 2.23.